The molecule has 9 nitrogen and oxygen atoms in total. The molecule has 4 rings (SSSR count). The van der Waals surface area contributed by atoms with E-state index in [2.05, 4.69) is 15.6 Å². The molecule has 2 heterocycles. The molecule has 1 aliphatic heterocycles. The molecule has 1 N–H and O–H groups in total. The van der Waals surface area contributed by atoms with E-state index in [0.29, 0.717) is 39.0 Å². The molecule has 0 unspecified atom stereocenters. The summed E-state index contributed by atoms with van der Waals surface area (Å²) in [5.41, 5.74) is 4.33. The summed E-state index contributed by atoms with van der Waals surface area (Å²) in [4.78, 5) is 40.6. The maximum Gasteiger partial charge on any atom is 0.227 e. The van der Waals surface area contributed by atoms with E-state index in [1.165, 1.54) is 0 Å². The van der Waals surface area contributed by atoms with Crippen LogP contribution in [0.1, 0.15) is 100.0 Å². The molecule has 46 heavy (non-hydrogen) atoms. The number of hydrogen-bond donors (Lipinski definition) is 1. The monoisotopic (exact) mass is 631 g/mol. The Morgan fingerprint density at radius 3 is 2.24 bits per heavy atom. The maximum absolute atomic E-state index is 13.8. The average molecular weight is 632 g/mol. The third-order valence-corrected chi connectivity index (χ3v) is 8.27. The number of anilines is 1. The van der Waals surface area contributed by atoms with Crippen molar-refractivity contribution in [2.45, 2.75) is 119 Å². The lowest BCUT2D eigenvalue weighted by Gasteiger charge is -2.31. The van der Waals surface area contributed by atoms with Gasteiger partial charge in [0.15, 0.2) is 0 Å². The van der Waals surface area contributed by atoms with Crippen LogP contribution in [0.15, 0.2) is 48.5 Å². The average Bonchev–Trinajstić information content (AvgIpc) is 3.44. The summed E-state index contributed by atoms with van der Waals surface area (Å²) in [5.74, 6) is -0.0510. The molecule has 0 bridgehead atoms. The second kappa shape index (κ2) is 16.1. The van der Waals surface area contributed by atoms with Crippen molar-refractivity contribution >= 4 is 23.3 Å². The number of ketones is 1. The van der Waals surface area contributed by atoms with Crippen molar-refractivity contribution in [3.8, 4) is 22.5 Å². The lowest BCUT2D eigenvalue weighted by Crippen LogP contribution is -2.45. The molecule has 3 aromatic rings. The predicted octanol–water partition coefficient (Wildman–Crippen LogP) is 7.37. The molecule has 0 aliphatic carbocycles. The number of ether oxygens (including phenoxy) is 1. The first kappa shape index (κ1) is 36.6. The fourth-order valence-electron chi connectivity index (χ4n) is 5.48. The summed E-state index contributed by atoms with van der Waals surface area (Å²) < 4.78 is 7.99. The Balaban J connectivity index is 0.00000282. The van der Waals surface area contributed by atoms with E-state index >= 15 is 0 Å². The quantitative estimate of drug-likeness (QED) is 0.211. The van der Waals surface area contributed by atoms with Gasteiger partial charge in [-0.15, -0.1) is 5.10 Å². The molecule has 0 saturated heterocycles. The van der Waals surface area contributed by atoms with E-state index in [0.717, 1.165) is 33.8 Å². The molecular weight excluding hydrogens is 578 g/mol. The van der Waals surface area contributed by atoms with E-state index in [1.807, 2.05) is 116 Å². The van der Waals surface area contributed by atoms with Gasteiger partial charge in [-0.1, -0.05) is 75.4 Å². The Labute approximate surface area is 275 Å². The highest BCUT2D eigenvalue weighted by Gasteiger charge is 2.30. The van der Waals surface area contributed by atoms with Crippen LogP contribution in [-0.4, -0.2) is 50.3 Å². The smallest absolute Gasteiger partial charge is 0.227 e. The first-order chi connectivity index (χ1) is 21.8. The van der Waals surface area contributed by atoms with Gasteiger partial charge in [0.2, 0.25) is 11.8 Å². The topological polar surface area (TPSA) is 106 Å². The van der Waals surface area contributed by atoms with Gasteiger partial charge in [0.25, 0.3) is 0 Å². The van der Waals surface area contributed by atoms with Crippen LogP contribution < -0.4 is 10.2 Å². The van der Waals surface area contributed by atoms with Gasteiger partial charge in [0.1, 0.15) is 11.5 Å². The van der Waals surface area contributed by atoms with E-state index in [9.17, 15) is 14.4 Å². The molecule has 0 spiro atoms. The van der Waals surface area contributed by atoms with Crippen LogP contribution in [-0.2, 0) is 32.2 Å². The van der Waals surface area contributed by atoms with Crippen LogP contribution in [0.2, 0.25) is 0 Å². The number of Topliss-reactive ketones (excluding diaryl/α,β-unsaturated/α-hetero) is 1. The maximum atomic E-state index is 13.8. The van der Waals surface area contributed by atoms with Gasteiger partial charge in [-0.2, -0.15) is 0 Å². The van der Waals surface area contributed by atoms with E-state index in [4.69, 9.17) is 4.74 Å². The molecular formula is C37H53N5O4. The zero-order valence-electron chi connectivity index (χ0n) is 29.3. The van der Waals surface area contributed by atoms with Gasteiger partial charge in [-0.25, -0.2) is 4.68 Å². The standard InChI is InChI=1S/C35H47N5O4.C2H6/c1-8-40-33-26-14-10-9-13-25(26)23-39(28-16-12-11-15-27(28)32(33)37-38-40)31(43)18-17-30(42)36-34(4,5)21-22-44-35(6,7)20-19-29(41)24(2)3;1-2/h9-16,24H,8,17-23H2,1-7H3,(H,36,42);1-2H3. The fraction of sp³-hybridized carbons (Fsp3) is 0.541. The molecule has 0 radical (unpaired) electrons. The molecule has 250 valence electrons. The highest BCUT2D eigenvalue weighted by molar-refractivity contribution is 6.01. The van der Waals surface area contributed by atoms with Gasteiger partial charge in [-0.3, -0.25) is 14.4 Å². The van der Waals surface area contributed by atoms with Crippen molar-refractivity contribution in [2.24, 2.45) is 5.92 Å². The molecule has 1 aromatic heterocycles. The third kappa shape index (κ3) is 9.34. The Kier molecular flexibility index (Phi) is 12.8. The number of hydrogen-bond acceptors (Lipinski definition) is 6. The van der Waals surface area contributed by atoms with Crippen molar-refractivity contribution in [2.75, 3.05) is 11.5 Å². The van der Waals surface area contributed by atoms with Crippen LogP contribution >= 0.6 is 0 Å². The number of carbonyl (C=O) groups excluding carboxylic acids is 3. The fourth-order valence-corrected chi connectivity index (χ4v) is 5.48. The van der Waals surface area contributed by atoms with Crippen molar-refractivity contribution < 1.29 is 19.1 Å². The van der Waals surface area contributed by atoms with E-state index < -0.39 is 11.1 Å². The normalized spacial score (nSPS) is 12.6. The summed E-state index contributed by atoms with van der Waals surface area (Å²) in [6.07, 6.45) is 1.89. The van der Waals surface area contributed by atoms with Crippen molar-refractivity contribution in [1.29, 1.82) is 0 Å². The van der Waals surface area contributed by atoms with E-state index in [1.54, 1.807) is 4.90 Å². The molecule has 1 aliphatic rings. The Morgan fingerprint density at radius 1 is 0.913 bits per heavy atom. The van der Waals surface area contributed by atoms with Crippen LogP contribution in [0.3, 0.4) is 0 Å². The number of benzene rings is 2. The molecule has 2 amide bonds. The van der Waals surface area contributed by atoms with Crippen LogP contribution in [0.4, 0.5) is 5.69 Å². The molecule has 9 heteroatoms. The van der Waals surface area contributed by atoms with E-state index in [-0.39, 0.29) is 36.4 Å². The van der Waals surface area contributed by atoms with Crippen LogP contribution in [0.25, 0.3) is 22.5 Å². The largest absolute Gasteiger partial charge is 0.375 e. The second-order valence-electron chi connectivity index (χ2n) is 13.2. The number of carbonyl (C=O) groups is 3. The summed E-state index contributed by atoms with van der Waals surface area (Å²) in [5, 5.41) is 12.0. The lowest BCUT2D eigenvalue weighted by atomic mass is 9.95. The number of para-hydroxylation sites is 1. The van der Waals surface area contributed by atoms with Gasteiger partial charge >= 0.3 is 0 Å². The lowest BCUT2D eigenvalue weighted by molar-refractivity contribution is -0.127. The highest BCUT2D eigenvalue weighted by Crippen LogP contribution is 2.41. The Bertz CT molecular complexity index is 1490. The minimum Gasteiger partial charge on any atom is -0.375 e. The van der Waals surface area contributed by atoms with Gasteiger partial charge in [0.05, 0.1) is 23.5 Å². The molecule has 2 aromatic carbocycles. The first-order valence-electron chi connectivity index (χ1n) is 16.7. The van der Waals surface area contributed by atoms with Gasteiger partial charge < -0.3 is 15.0 Å². The predicted molar refractivity (Wildman–Crippen MR) is 184 cm³/mol. The number of rotatable bonds is 13. The second-order valence-corrected chi connectivity index (χ2v) is 13.2. The van der Waals surface area contributed by atoms with Crippen LogP contribution in [0.5, 0.6) is 0 Å². The minimum absolute atomic E-state index is 0.0250. The number of amides is 2. The summed E-state index contributed by atoms with van der Waals surface area (Å²) in [7, 11) is 0. The minimum atomic E-state index is -0.516. The number of nitrogens with zero attached hydrogens (tertiary/aromatic N) is 4. The number of nitrogens with one attached hydrogen (secondary N) is 1. The first-order valence-corrected chi connectivity index (χ1v) is 16.7. The third-order valence-electron chi connectivity index (χ3n) is 8.27. The Morgan fingerprint density at radius 2 is 1.57 bits per heavy atom. The summed E-state index contributed by atoms with van der Waals surface area (Å²) in [6, 6.07) is 15.8. The van der Waals surface area contributed by atoms with Gasteiger partial charge in [0, 0.05) is 55.0 Å². The molecule has 0 saturated carbocycles. The van der Waals surface area contributed by atoms with Gasteiger partial charge in [-0.05, 0) is 59.1 Å². The Hall–Kier alpha value is -3.85. The highest BCUT2D eigenvalue weighted by atomic mass is 16.5. The van der Waals surface area contributed by atoms with Crippen LogP contribution in [0, 0.1) is 5.92 Å². The summed E-state index contributed by atoms with van der Waals surface area (Å²) >= 11 is 0. The number of aromatic nitrogens is 3. The number of aryl methyl sites for hydroxylation is 1. The zero-order chi connectivity index (χ0) is 34.1. The van der Waals surface area contributed by atoms with Crippen molar-refractivity contribution in [3.63, 3.8) is 0 Å². The zero-order valence-corrected chi connectivity index (χ0v) is 29.3. The summed E-state index contributed by atoms with van der Waals surface area (Å²) in [6.45, 7) is 19.3. The van der Waals surface area contributed by atoms with Crippen molar-refractivity contribution in [1.82, 2.24) is 20.3 Å². The number of fused-ring (bicyclic) bond motifs is 5. The SMILES string of the molecule is CC.CCn1nnc2c1-c1ccccc1CN(C(=O)CCC(=O)NC(C)(C)CCOC(C)(C)CCC(=O)C(C)C)c1ccccc1-2. The van der Waals surface area contributed by atoms with Crippen molar-refractivity contribution in [3.05, 3.63) is 54.1 Å². The molecule has 0 fully saturated rings. The molecule has 0 atom stereocenters.